The minimum absolute atomic E-state index is 0.155. The van der Waals surface area contributed by atoms with Crippen LogP contribution in [0.25, 0.3) is 6.08 Å². The van der Waals surface area contributed by atoms with Gasteiger partial charge >= 0.3 is 0 Å². The van der Waals surface area contributed by atoms with Crippen LogP contribution in [0.3, 0.4) is 0 Å². The number of fused-ring (bicyclic) bond motifs is 1. The van der Waals surface area contributed by atoms with Crippen molar-refractivity contribution in [3.8, 4) is 11.5 Å². The van der Waals surface area contributed by atoms with Crippen molar-refractivity contribution in [1.82, 2.24) is 4.90 Å². The molecule has 26 heavy (non-hydrogen) atoms. The summed E-state index contributed by atoms with van der Waals surface area (Å²) in [7, 11) is 2.00. The zero-order valence-corrected chi connectivity index (χ0v) is 16.5. The molecule has 0 radical (unpaired) electrons. The molecule has 5 heteroatoms. The van der Waals surface area contributed by atoms with Crippen molar-refractivity contribution in [2.75, 3.05) is 13.6 Å². The lowest BCUT2D eigenvalue weighted by Crippen LogP contribution is -2.19. The summed E-state index contributed by atoms with van der Waals surface area (Å²) in [5, 5.41) is 10.3. The molecule has 1 aliphatic heterocycles. The molecule has 0 aliphatic carbocycles. The summed E-state index contributed by atoms with van der Waals surface area (Å²) in [4.78, 5) is 14.9. The Balaban J connectivity index is 1.92. The van der Waals surface area contributed by atoms with Gasteiger partial charge in [0, 0.05) is 11.0 Å². The number of nitrogens with zero attached hydrogens (tertiary/aromatic N) is 1. The number of ether oxygens (including phenoxy) is 1. The Hall–Kier alpha value is -2.11. The molecule has 0 amide bonds. The highest BCUT2D eigenvalue weighted by molar-refractivity contribution is 9.10. The Morgan fingerprint density at radius 1 is 1.23 bits per heavy atom. The summed E-state index contributed by atoms with van der Waals surface area (Å²) in [5.74, 6) is 0.738. The normalized spacial score (nSPS) is 14.8. The van der Waals surface area contributed by atoms with Crippen LogP contribution in [-0.2, 0) is 6.54 Å². The molecule has 3 rings (SSSR count). The first-order valence-electron chi connectivity index (χ1n) is 8.73. The number of phenols is 1. The van der Waals surface area contributed by atoms with E-state index in [0.29, 0.717) is 23.4 Å². The van der Waals surface area contributed by atoms with Gasteiger partial charge in [-0.05, 0) is 49.9 Å². The summed E-state index contributed by atoms with van der Waals surface area (Å²) in [6.07, 6.45) is 3.92. The highest BCUT2D eigenvalue weighted by Gasteiger charge is 2.31. The fraction of sp³-hybridized carbons (Fsp3) is 0.286. The molecular formula is C21H22BrNO3. The number of hydrogen-bond acceptors (Lipinski definition) is 4. The number of carbonyl (C=O) groups is 1. The van der Waals surface area contributed by atoms with Crippen LogP contribution < -0.4 is 4.74 Å². The van der Waals surface area contributed by atoms with E-state index in [1.54, 1.807) is 18.2 Å². The minimum atomic E-state index is -0.159. The van der Waals surface area contributed by atoms with Crippen molar-refractivity contribution in [1.29, 1.82) is 0 Å². The molecule has 0 saturated carbocycles. The fourth-order valence-electron chi connectivity index (χ4n) is 2.96. The summed E-state index contributed by atoms with van der Waals surface area (Å²) in [6, 6.07) is 10.9. The Morgan fingerprint density at radius 3 is 2.73 bits per heavy atom. The number of hydrogen-bond donors (Lipinski definition) is 1. The number of carbonyl (C=O) groups excluding carboxylic acids is 1. The van der Waals surface area contributed by atoms with Crippen LogP contribution in [0.5, 0.6) is 11.5 Å². The van der Waals surface area contributed by atoms with Crippen molar-refractivity contribution in [2.24, 2.45) is 0 Å². The second-order valence-corrected chi connectivity index (χ2v) is 7.35. The van der Waals surface area contributed by atoms with Crippen LogP contribution in [0.1, 0.15) is 41.3 Å². The van der Waals surface area contributed by atoms with Gasteiger partial charge in [-0.25, -0.2) is 0 Å². The average Bonchev–Trinajstić information content (AvgIpc) is 2.94. The van der Waals surface area contributed by atoms with Crippen molar-refractivity contribution >= 4 is 27.8 Å². The SMILES string of the molecule is CCCCN(C)Cc1c(O)ccc2c1O/C(=C\c1ccccc1Br)C2=O. The molecular weight excluding hydrogens is 394 g/mol. The van der Waals surface area contributed by atoms with Crippen LogP contribution in [0.4, 0.5) is 0 Å². The van der Waals surface area contributed by atoms with E-state index < -0.39 is 0 Å². The summed E-state index contributed by atoms with van der Waals surface area (Å²) >= 11 is 3.48. The van der Waals surface area contributed by atoms with Gasteiger partial charge in [0.1, 0.15) is 11.5 Å². The van der Waals surface area contributed by atoms with Crippen molar-refractivity contribution in [2.45, 2.75) is 26.3 Å². The number of aromatic hydroxyl groups is 1. The van der Waals surface area contributed by atoms with Crippen molar-refractivity contribution in [3.63, 3.8) is 0 Å². The third-order valence-corrected chi connectivity index (χ3v) is 5.15. The van der Waals surface area contributed by atoms with E-state index >= 15 is 0 Å². The zero-order chi connectivity index (χ0) is 18.7. The summed E-state index contributed by atoms with van der Waals surface area (Å²) < 4.78 is 6.79. The lowest BCUT2D eigenvalue weighted by atomic mass is 10.0. The number of rotatable bonds is 6. The van der Waals surface area contributed by atoms with Gasteiger partial charge in [-0.1, -0.05) is 47.5 Å². The Morgan fingerprint density at radius 2 is 2.00 bits per heavy atom. The fourth-order valence-corrected chi connectivity index (χ4v) is 3.36. The summed E-state index contributed by atoms with van der Waals surface area (Å²) in [5.41, 5.74) is 2.03. The molecule has 0 saturated heterocycles. The van der Waals surface area contributed by atoms with Crippen LogP contribution in [0.2, 0.25) is 0 Å². The molecule has 136 valence electrons. The maximum absolute atomic E-state index is 12.7. The number of phenolic OH excluding ortho intramolecular Hbond substituents is 1. The van der Waals surface area contributed by atoms with E-state index in [1.807, 2.05) is 31.3 Å². The molecule has 2 aromatic rings. The number of ketones is 1. The van der Waals surface area contributed by atoms with Gasteiger partial charge in [0.15, 0.2) is 5.76 Å². The topological polar surface area (TPSA) is 49.8 Å². The Kier molecular flexibility index (Phi) is 5.79. The first-order valence-corrected chi connectivity index (χ1v) is 9.52. The predicted octanol–water partition coefficient (Wildman–Crippen LogP) is 5.00. The molecule has 2 aromatic carbocycles. The minimum Gasteiger partial charge on any atom is -0.507 e. The maximum Gasteiger partial charge on any atom is 0.231 e. The van der Waals surface area contributed by atoms with Gasteiger partial charge in [-0.15, -0.1) is 0 Å². The highest BCUT2D eigenvalue weighted by Crippen LogP contribution is 2.40. The average molecular weight is 416 g/mol. The molecule has 0 atom stereocenters. The lowest BCUT2D eigenvalue weighted by molar-refractivity contribution is 0.101. The molecule has 0 spiro atoms. The zero-order valence-electron chi connectivity index (χ0n) is 15.0. The number of Topliss-reactive ketones (excluding diaryl/α,β-unsaturated/α-hetero) is 1. The third-order valence-electron chi connectivity index (χ3n) is 4.43. The smallest absolute Gasteiger partial charge is 0.231 e. The van der Waals surface area contributed by atoms with Crippen molar-refractivity contribution < 1.29 is 14.6 Å². The first-order chi connectivity index (χ1) is 12.5. The molecule has 0 aromatic heterocycles. The standard InChI is InChI=1S/C21H22BrNO3/c1-3-4-11-23(2)13-16-18(24)10-9-15-20(25)19(26-21(15)16)12-14-7-5-6-8-17(14)22/h5-10,12,24H,3-4,11,13H2,1-2H3/b19-12-. The number of benzene rings is 2. The third kappa shape index (κ3) is 3.84. The summed E-state index contributed by atoms with van der Waals surface area (Å²) in [6.45, 7) is 3.60. The van der Waals surface area contributed by atoms with E-state index in [4.69, 9.17) is 4.74 Å². The molecule has 1 N–H and O–H groups in total. The molecule has 1 heterocycles. The van der Waals surface area contributed by atoms with Gasteiger partial charge in [0.05, 0.1) is 11.1 Å². The second kappa shape index (κ2) is 8.06. The number of halogens is 1. The van der Waals surface area contributed by atoms with E-state index in [1.165, 1.54) is 0 Å². The maximum atomic E-state index is 12.7. The van der Waals surface area contributed by atoms with Gasteiger partial charge in [0.2, 0.25) is 5.78 Å². The van der Waals surface area contributed by atoms with E-state index in [0.717, 1.165) is 29.4 Å². The van der Waals surface area contributed by atoms with Crippen LogP contribution in [-0.4, -0.2) is 29.4 Å². The van der Waals surface area contributed by atoms with Crippen molar-refractivity contribution in [3.05, 3.63) is 63.3 Å². The first kappa shape index (κ1) is 18.7. The van der Waals surface area contributed by atoms with E-state index in [-0.39, 0.29) is 17.3 Å². The Labute approximate surface area is 162 Å². The Bertz CT molecular complexity index is 860. The molecule has 0 fully saturated rings. The monoisotopic (exact) mass is 415 g/mol. The number of unbranched alkanes of at least 4 members (excludes halogenated alkanes) is 1. The van der Waals surface area contributed by atoms with Gasteiger partial charge in [-0.2, -0.15) is 0 Å². The molecule has 4 nitrogen and oxygen atoms in total. The second-order valence-electron chi connectivity index (χ2n) is 6.49. The molecule has 0 bridgehead atoms. The van der Waals surface area contributed by atoms with E-state index in [2.05, 4.69) is 27.8 Å². The quantitative estimate of drug-likeness (QED) is 0.674. The molecule has 0 unspecified atom stereocenters. The predicted molar refractivity (Wildman–Crippen MR) is 106 cm³/mol. The number of allylic oxidation sites excluding steroid dienone is 1. The highest BCUT2D eigenvalue weighted by atomic mass is 79.9. The van der Waals surface area contributed by atoms with Gasteiger partial charge in [-0.3, -0.25) is 4.79 Å². The van der Waals surface area contributed by atoms with E-state index in [9.17, 15) is 9.90 Å². The lowest BCUT2D eigenvalue weighted by Gasteiger charge is -2.18. The van der Waals surface area contributed by atoms with Crippen LogP contribution in [0, 0.1) is 0 Å². The van der Waals surface area contributed by atoms with Crippen LogP contribution in [0.15, 0.2) is 46.6 Å². The largest absolute Gasteiger partial charge is 0.507 e. The molecule has 1 aliphatic rings. The van der Waals surface area contributed by atoms with Gasteiger partial charge in [0.25, 0.3) is 0 Å². The van der Waals surface area contributed by atoms with Crippen LogP contribution >= 0.6 is 15.9 Å². The van der Waals surface area contributed by atoms with Gasteiger partial charge < -0.3 is 14.7 Å².